The SMILES string of the molecule is Cc1ccc(C(=O)NCCCN2CC(C)CC(C)C2)cc1. The summed E-state index contributed by atoms with van der Waals surface area (Å²) in [7, 11) is 0. The molecule has 1 aliphatic heterocycles. The lowest BCUT2D eigenvalue weighted by molar-refractivity contribution is 0.0947. The third kappa shape index (κ3) is 5.16. The summed E-state index contributed by atoms with van der Waals surface area (Å²) in [5.41, 5.74) is 1.93. The molecule has 0 bridgehead atoms. The molecule has 1 aromatic rings. The summed E-state index contributed by atoms with van der Waals surface area (Å²) in [4.78, 5) is 14.5. The summed E-state index contributed by atoms with van der Waals surface area (Å²) in [6.07, 6.45) is 2.37. The van der Waals surface area contributed by atoms with Gasteiger partial charge in [0.05, 0.1) is 0 Å². The van der Waals surface area contributed by atoms with E-state index in [0.717, 1.165) is 36.9 Å². The average molecular weight is 288 g/mol. The van der Waals surface area contributed by atoms with E-state index < -0.39 is 0 Å². The lowest BCUT2D eigenvalue weighted by Gasteiger charge is -2.34. The van der Waals surface area contributed by atoms with Crippen LogP contribution in [0.2, 0.25) is 0 Å². The zero-order chi connectivity index (χ0) is 15.2. The van der Waals surface area contributed by atoms with Crippen LogP contribution in [-0.2, 0) is 0 Å². The van der Waals surface area contributed by atoms with E-state index in [1.54, 1.807) is 0 Å². The molecule has 21 heavy (non-hydrogen) atoms. The summed E-state index contributed by atoms with van der Waals surface area (Å²) >= 11 is 0. The Kier molecular flexibility index (Phi) is 5.80. The fourth-order valence-electron chi connectivity index (χ4n) is 3.29. The van der Waals surface area contributed by atoms with Gasteiger partial charge in [-0.3, -0.25) is 4.79 Å². The first-order chi connectivity index (χ1) is 10.0. The van der Waals surface area contributed by atoms with E-state index in [9.17, 15) is 4.79 Å². The van der Waals surface area contributed by atoms with Gasteiger partial charge in [0.1, 0.15) is 0 Å². The third-order valence-electron chi connectivity index (χ3n) is 4.19. The van der Waals surface area contributed by atoms with Crippen LogP contribution in [0.5, 0.6) is 0 Å². The van der Waals surface area contributed by atoms with Crippen LogP contribution in [0.1, 0.15) is 42.6 Å². The number of carbonyl (C=O) groups is 1. The van der Waals surface area contributed by atoms with Crippen LogP contribution in [0.4, 0.5) is 0 Å². The van der Waals surface area contributed by atoms with Crippen molar-refractivity contribution in [3.63, 3.8) is 0 Å². The summed E-state index contributed by atoms with van der Waals surface area (Å²) in [6, 6.07) is 7.73. The Labute approximate surface area is 128 Å². The maximum atomic E-state index is 12.0. The van der Waals surface area contributed by atoms with Gasteiger partial charge in [0.2, 0.25) is 0 Å². The first-order valence-corrected chi connectivity index (χ1v) is 8.12. The predicted molar refractivity (Wildman–Crippen MR) is 87.5 cm³/mol. The maximum Gasteiger partial charge on any atom is 0.251 e. The highest BCUT2D eigenvalue weighted by atomic mass is 16.1. The van der Waals surface area contributed by atoms with Crippen LogP contribution in [-0.4, -0.2) is 37.0 Å². The van der Waals surface area contributed by atoms with E-state index in [1.165, 1.54) is 25.1 Å². The monoisotopic (exact) mass is 288 g/mol. The Balaban J connectivity index is 1.67. The van der Waals surface area contributed by atoms with E-state index in [-0.39, 0.29) is 5.91 Å². The number of likely N-dealkylation sites (tertiary alicyclic amines) is 1. The number of benzene rings is 1. The summed E-state index contributed by atoms with van der Waals surface area (Å²) in [5.74, 6) is 1.64. The average Bonchev–Trinajstić information content (AvgIpc) is 2.43. The second-order valence-corrected chi connectivity index (χ2v) is 6.68. The molecule has 2 rings (SSSR count). The van der Waals surface area contributed by atoms with Crippen LogP contribution >= 0.6 is 0 Å². The standard InChI is InChI=1S/C18H28N2O/c1-14-5-7-17(8-6-14)18(21)19-9-4-10-20-12-15(2)11-16(3)13-20/h5-8,15-16H,4,9-13H2,1-3H3,(H,19,21). The van der Waals surface area contributed by atoms with Crippen LogP contribution in [0.15, 0.2) is 24.3 Å². The summed E-state index contributed by atoms with van der Waals surface area (Å²) in [5, 5.41) is 3.01. The van der Waals surface area contributed by atoms with Gasteiger partial charge in [-0.25, -0.2) is 0 Å². The molecule has 0 aliphatic carbocycles. The van der Waals surface area contributed by atoms with E-state index in [0.29, 0.717) is 0 Å². The van der Waals surface area contributed by atoms with E-state index in [4.69, 9.17) is 0 Å². The molecule has 0 aromatic heterocycles. The van der Waals surface area contributed by atoms with Gasteiger partial charge >= 0.3 is 0 Å². The molecule has 0 saturated carbocycles. The van der Waals surface area contributed by atoms with E-state index >= 15 is 0 Å². The third-order valence-corrected chi connectivity index (χ3v) is 4.19. The summed E-state index contributed by atoms with van der Waals surface area (Å²) < 4.78 is 0. The van der Waals surface area contributed by atoms with Gasteiger partial charge in [0.15, 0.2) is 0 Å². The zero-order valence-electron chi connectivity index (χ0n) is 13.6. The van der Waals surface area contributed by atoms with Crippen molar-refractivity contribution < 1.29 is 4.79 Å². The molecule has 2 unspecified atom stereocenters. The minimum Gasteiger partial charge on any atom is -0.352 e. The normalized spacial score (nSPS) is 23.0. The number of piperidine rings is 1. The predicted octanol–water partition coefficient (Wildman–Crippen LogP) is 3.09. The van der Waals surface area contributed by atoms with Gasteiger partial charge in [-0.2, -0.15) is 0 Å². The van der Waals surface area contributed by atoms with Gasteiger partial charge in [-0.05, 0) is 50.3 Å². The number of nitrogens with one attached hydrogen (secondary N) is 1. The molecule has 1 N–H and O–H groups in total. The number of aryl methyl sites for hydroxylation is 1. The lowest BCUT2D eigenvalue weighted by atomic mass is 9.92. The van der Waals surface area contributed by atoms with Gasteiger partial charge in [0, 0.05) is 25.2 Å². The van der Waals surface area contributed by atoms with Crippen LogP contribution in [0.25, 0.3) is 0 Å². The Morgan fingerprint density at radius 1 is 1.19 bits per heavy atom. The smallest absolute Gasteiger partial charge is 0.251 e. The van der Waals surface area contributed by atoms with Crippen LogP contribution < -0.4 is 5.32 Å². The molecular weight excluding hydrogens is 260 g/mol. The molecule has 1 aliphatic rings. The maximum absolute atomic E-state index is 12.0. The van der Waals surface area contributed by atoms with Crippen molar-refractivity contribution in [3.8, 4) is 0 Å². The van der Waals surface area contributed by atoms with E-state index in [1.807, 2.05) is 31.2 Å². The molecule has 1 fully saturated rings. The minimum absolute atomic E-state index is 0.0374. The molecule has 3 heteroatoms. The van der Waals surface area contributed by atoms with Crippen molar-refractivity contribution >= 4 is 5.91 Å². The topological polar surface area (TPSA) is 32.3 Å². The van der Waals surface area contributed by atoms with Crippen molar-refractivity contribution in [2.24, 2.45) is 11.8 Å². The largest absolute Gasteiger partial charge is 0.352 e. The highest BCUT2D eigenvalue weighted by Gasteiger charge is 2.20. The number of hydrogen-bond donors (Lipinski definition) is 1. The molecule has 3 nitrogen and oxygen atoms in total. The van der Waals surface area contributed by atoms with Crippen molar-refractivity contribution in [3.05, 3.63) is 35.4 Å². The molecule has 1 amide bonds. The fourth-order valence-corrected chi connectivity index (χ4v) is 3.29. The van der Waals surface area contributed by atoms with Crippen LogP contribution in [0.3, 0.4) is 0 Å². The number of carbonyl (C=O) groups excluding carboxylic acids is 1. The van der Waals surface area contributed by atoms with Gasteiger partial charge in [-0.1, -0.05) is 31.5 Å². The van der Waals surface area contributed by atoms with Gasteiger partial charge in [-0.15, -0.1) is 0 Å². The molecule has 1 heterocycles. The Morgan fingerprint density at radius 2 is 1.81 bits per heavy atom. The molecule has 2 atom stereocenters. The Morgan fingerprint density at radius 3 is 2.43 bits per heavy atom. The highest BCUT2D eigenvalue weighted by Crippen LogP contribution is 2.20. The lowest BCUT2D eigenvalue weighted by Crippen LogP contribution is -2.40. The summed E-state index contributed by atoms with van der Waals surface area (Å²) in [6.45, 7) is 11.0. The van der Waals surface area contributed by atoms with Gasteiger partial charge in [0.25, 0.3) is 5.91 Å². The fraction of sp³-hybridized carbons (Fsp3) is 0.611. The molecule has 0 spiro atoms. The van der Waals surface area contributed by atoms with Crippen molar-refractivity contribution in [1.82, 2.24) is 10.2 Å². The second-order valence-electron chi connectivity index (χ2n) is 6.68. The Bertz CT molecular complexity index is 445. The Hall–Kier alpha value is -1.35. The second kappa shape index (κ2) is 7.60. The van der Waals surface area contributed by atoms with Crippen molar-refractivity contribution in [2.75, 3.05) is 26.2 Å². The van der Waals surface area contributed by atoms with Crippen molar-refractivity contribution in [1.29, 1.82) is 0 Å². The first-order valence-electron chi connectivity index (χ1n) is 8.12. The van der Waals surface area contributed by atoms with Crippen molar-refractivity contribution in [2.45, 2.75) is 33.6 Å². The van der Waals surface area contributed by atoms with Crippen LogP contribution in [0, 0.1) is 18.8 Å². The highest BCUT2D eigenvalue weighted by molar-refractivity contribution is 5.94. The minimum atomic E-state index is 0.0374. The van der Waals surface area contributed by atoms with E-state index in [2.05, 4.69) is 24.1 Å². The number of rotatable bonds is 5. The molecule has 0 radical (unpaired) electrons. The van der Waals surface area contributed by atoms with Gasteiger partial charge < -0.3 is 10.2 Å². The quantitative estimate of drug-likeness (QED) is 0.844. The molecular formula is C18H28N2O. The zero-order valence-corrected chi connectivity index (χ0v) is 13.6. The number of hydrogen-bond acceptors (Lipinski definition) is 2. The molecule has 1 saturated heterocycles. The number of amides is 1. The first kappa shape index (κ1) is 16.0. The molecule has 116 valence electrons. The number of nitrogens with zero attached hydrogens (tertiary/aromatic N) is 1. The molecule has 1 aromatic carbocycles.